The highest BCUT2D eigenvalue weighted by atomic mass is 16.5. The molecule has 0 saturated carbocycles. The van der Waals surface area contributed by atoms with E-state index in [1.807, 2.05) is 12.1 Å². The van der Waals surface area contributed by atoms with Gasteiger partial charge in [0.15, 0.2) is 0 Å². The largest absolute Gasteiger partial charge is 0.480 e. The van der Waals surface area contributed by atoms with Crippen molar-refractivity contribution in [1.29, 1.82) is 0 Å². The van der Waals surface area contributed by atoms with E-state index in [4.69, 9.17) is 10.8 Å². The van der Waals surface area contributed by atoms with E-state index in [1.165, 1.54) is 7.11 Å². The van der Waals surface area contributed by atoms with Crippen molar-refractivity contribution in [3.63, 3.8) is 0 Å². The number of carbonyl (C=O) groups is 2. The van der Waals surface area contributed by atoms with E-state index in [0.717, 1.165) is 12.0 Å². The molecule has 0 spiro atoms. The monoisotopic (exact) mass is 251 g/mol. The van der Waals surface area contributed by atoms with Crippen LogP contribution >= 0.6 is 0 Å². The fraction of sp³-hybridized carbons (Fsp3) is 0.385. The van der Waals surface area contributed by atoms with Gasteiger partial charge < -0.3 is 15.6 Å². The Labute approximate surface area is 106 Å². The molecule has 0 aliphatic rings. The van der Waals surface area contributed by atoms with Gasteiger partial charge in [-0.25, -0.2) is 4.79 Å². The van der Waals surface area contributed by atoms with E-state index in [2.05, 4.69) is 4.74 Å². The van der Waals surface area contributed by atoms with Crippen molar-refractivity contribution in [1.82, 2.24) is 0 Å². The Morgan fingerprint density at radius 2 is 1.94 bits per heavy atom. The zero-order chi connectivity index (χ0) is 13.5. The summed E-state index contributed by atoms with van der Waals surface area (Å²) in [5.41, 5.74) is 6.95. The summed E-state index contributed by atoms with van der Waals surface area (Å²) in [6.07, 6.45) is 1.88. The first-order valence-electron chi connectivity index (χ1n) is 5.70. The molecular weight excluding hydrogens is 234 g/mol. The molecule has 0 aliphatic carbocycles. The second-order valence-electron chi connectivity index (χ2n) is 4.03. The first kappa shape index (κ1) is 14.2. The summed E-state index contributed by atoms with van der Waals surface area (Å²) in [5, 5.41) is 8.63. The first-order valence-corrected chi connectivity index (χ1v) is 5.70. The predicted molar refractivity (Wildman–Crippen MR) is 66.3 cm³/mol. The predicted octanol–water partition coefficient (Wildman–Crippen LogP) is 1.21. The average molecular weight is 251 g/mol. The minimum atomic E-state index is -0.976. The van der Waals surface area contributed by atoms with Crippen LogP contribution in [0.2, 0.25) is 0 Å². The highest BCUT2D eigenvalue weighted by Crippen LogP contribution is 2.09. The molecular formula is C13H17NO4. The third-order valence-corrected chi connectivity index (χ3v) is 2.67. The standard InChI is InChI=1S/C13H17NO4/c1-18-13(17)10-7-5-9(6-8-10)3-2-4-11(14)12(15)16/h5-8,11H,2-4,14H2,1H3,(H,15,16)/t11-/m0/s1. The molecule has 1 aromatic rings. The number of esters is 1. The number of rotatable bonds is 6. The molecule has 0 aromatic heterocycles. The van der Waals surface area contributed by atoms with Crippen LogP contribution in [0.3, 0.4) is 0 Å². The summed E-state index contributed by atoms with van der Waals surface area (Å²) in [6.45, 7) is 0. The lowest BCUT2D eigenvalue weighted by Gasteiger charge is -2.06. The van der Waals surface area contributed by atoms with Gasteiger partial charge in [-0.1, -0.05) is 12.1 Å². The molecule has 3 N–H and O–H groups in total. The van der Waals surface area contributed by atoms with Crippen LogP contribution in [-0.2, 0) is 16.0 Å². The van der Waals surface area contributed by atoms with Crippen molar-refractivity contribution >= 4 is 11.9 Å². The summed E-state index contributed by atoms with van der Waals surface area (Å²) in [7, 11) is 1.34. The highest BCUT2D eigenvalue weighted by Gasteiger charge is 2.10. The minimum absolute atomic E-state index is 0.366. The van der Waals surface area contributed by atoms with Gasteiger partial charge in [-0.05, 0) is 37.0 Å². The zero-order valence-corrected chi connectivity index (χ0v) is 10.3. The van der Waals surface area contributed by atoms with Gasteiger partial charge in [0.25, 0.3) is 0 Å². The molecule has 0 heterocycles. The minimum Gasteiger partial charge on any atom is -0.480 e. The van der Waals surface area contributed by atoms with Gasteiger partial charge in [-0.3, -0.25) is 4.79 Å². The van der Waals surface area contributed by atoms with Crippen LogP contribution in [-0.4, -0.2) is 30.2 Å². The Balaban J connectivity index is 2.44. The molecule has 18 heavy (non-hydrogen) atoms. The molecule has 0 aliphatic heterocycles. The Bertz CT molecular complexity index is 414. The number of nitrogens with two attached hydrogens (primary N) is 1. The number of carbonyl (C=O) groups excluding carboxylic acids is 1. The maximum absolute atomic E-state index is 11.2. The average Bonchev–Trinajstić information content (AvgIpc) is 2.38. The summed E-state index contributed by atoms with van der Waals surface area (Å²) in [5.74, 6) is -1.34. The highest BCUT2D eigenvalue weighted by molar-refractivity contribution is 5.89. The molecule has 0 fully saturated rings. The third kappa shape index (κ3) is 4.18. The first-order chi connectivity index (χ1) is 8.54. The maximum atomic E-state index is 11.2. The van der Waals surface area contributed by atoms with E-state index in [1.54, 1.807) is 12.1 Å². The SMILES string of the molecule is COC(=O)c1ccc(CCC[C@H](N)C(=O)O)cc1. The number of methoxy groups -OCH3 is 1. The molecule has 1 rings (SSSR count). The summed E-state index contributed by atoms with van der Waals surface area (Å²) < 4.78 is 4.59. The van der Waals surface area contributed by atoms with Gasteiger partial charge in [-0.15, -0.1) is 0 Å². The lowest BCUT2D eigenvalue weighted by molar-refractivity contribution is -0.138. The van der Waals surface area contributed by atoms with Crippen molar-refractivity contribution in [3.8, 4) is 0 Å². The van der Waals surface area contributed by atoms with E-state index in [-0.39, 0.29) is 5.97 Å². The van der Waals surface area contributed by atoms with Crippen LogP contribution in [0.1, 0.15) is 28.8 Å². The van der Waals surface area contributed by atoms with Crippen LogP contribution in [0.25, 0.3) is 0 Å². The number of aliphatic carboxylic acids is 1. The van der Waals surface area contributed by atoms with Gasteiger partial charge in [0.1, 0.15) is 6.04 Å². The molecule has 5 heteroatoms. The number of carboxylic acids is 1. The van der Waals surface area contributed by atoms with Crippen molar-refractivity contribution in [2.24, 2.45) is 5.73 Å². The van der Waals surface area contributed by atoms with Crippen molar-refractivity contribution in [3.05, 3.63) is 35.4 Å². The fourth-order valence-electron chi connectivity index (χ4n) is 1.57. The molecule has 0 unspecified atom stereocenters. The Morgan fingerprint density at radius 1 is 1.33 bits per heavy atom. The molecule has 1 atom stereocenters. The quantitative estimate of drug-likeness (QED) is 0.742. The summed E-state index contributed by atoms with van der Waals surface area (Å²) >= 11 is 0. The smallest absolute Gasteiger partial charge is 0.337 e. The second kappa shape index (κ2) is 6.76. The molecule has 0 saturated heterocycles. The summed E-state index contributed by atoms with van der Waals surface area (Å²) in [6, 6.07) is 6.24. The molecule has 98 valence electrons. The molecule has 1 aromatic carbocycles. The third-order valence-electron chi connectivity index (χ3n) is 2.67. The van der Waals surface area contributed by atoms with Gasteiger partial charge in [0, 0.05) is 0 Å². The number of hydrogen-bond donors (Lipinski definition) is 2. The summed E-state index contributed by atoms with van der Waals surface area (Å²) in [4.78, 5) is 21.7. The van der Waals surface area contributed by atoms with Crippen molar-refractivity contribution in [2.45, 2.75) is 25.3 Å². The van der Waals surface area contributed by atoms with E-state index < -0.39 is 12.0 Å². The van der Waals surface area contributed by atoms with Crippen molar-refractivity contribution in [2.75, 3.05) is 7.11 Å². The molecule has 0 radical (unpaired) electrons. The lowest BCUT2D eigenvalue weighted by Crippen LogP contribution is -2.29. The van der Waals surface area contributed by atoms with E-state index >= 15 is 0 Å². The van der Waals surface area contributed by atoms with Gasteiger partial charge >= 0.3 is 11.9 Å². The number of aryl methyl sites for hydroxylation is 1. The zero-order valence-electron chi connectivity index (χ0n) is 10.3. The van der Waals surface area contributed by atoms with E-state index in [9.17, 15) is 9.59 Å². The molecule has 0 amide bonds. The Morgan fingerprint density at radius 3 is 2.44 bits per heavy atom. The van der Waals surface area contributed by atoms with Gasteiger partial charge in [0.05, 0.1) is 12.7 Å². The number of carboxylic acid groups (broad SMARTS) is 1. The Hall–Kier alpha value is -1.88. The maximum Gasteiger partial charge on any atom is 0.337 e. The van der Waals surface area contributed by atoms with Crippen LogP contribution in [0.5, 0.6) is 0 Å². The number of benzene rings is 1. The topological polar surface area (TPSA) is 89.6 Å². The van der Waals surface area contributed by atoms with Crippen LogP contribution in [0.4, 0.5) is 0 Å². The van der Waals surface area contributed by atoms with Gasteiger partial charge in [-0.2, -0.15) is 0 Å². The number of ether oxygens (including phenoxy) is 1. The second-order valence-corrected chi connectivity index (χ2v) is 4.03. The normalized spacial score (nSPS) is 11.9. The van der Waals surface area contributed by atoms with Crippen LogP contribution < -0.4 is 5.73 Å². The fourth-order valence-corrected chi connectivity index (χ4v) is 1.57. The Kier molecular flexibility index (Phi) is 5.32. The molecule has 0 bridgehead atoms. The van der Waals surface area contributed by atoms with Gasteiger partial charge in [0.2, 0.25) is 0 Å². The van der Waals surface area contributed by atoms with Crippen molar-refractivity contribution < 1.29 is 19.4 Å². The van der Waals surface area contributed by atoms with Crippen LogP contribution in [0, 0.1) is 0 Å². The van der Waals surface area contributed by atoms with E-state index in [0.29, 0.717) is 18.4 Å². The molecule has 5 nitrogen and oxygen atoms in total. The lowest BCUT2D eigenvalue weighted by atomic mass is 10.0. The van der Waals surface area contributed by atoms with Crippen LogP contribution in [0.15, 0.2) is 24.3 Å². The number of hydrogen-bond acceptors (Lipinski definition) is 4.